The highest BCUT2D eigenvalue weighted by atomic mass is 19.4. The first-order chi connectivity index (χ1) is 15.5. The minimum Gasteiger partial charge on any atom is -0.477 e. The van der Waals surface area contributed by atoms with Crippen molar-refractivity contribution < 1.29 is 37.1 Å². The number of carboxylic acid groups (broad SMARTS) is 1. The van der Waals surface area contributed by atoms with Gasteiger partial charge in [-0.1, -0.05) is 11.2 Å². The van der Waals surface area contributed by atoms with Crippen LogP contribution in [0.2, 0.25) is 0 Å². The van der Waals surface area contributed by atoms with E-state index in [0.717, 1.165) is 32.5 Å². The van der Waals surface area contributed by atoms with E-state index >= 15 is 0 Å². The van der Waals surface area contributed by atoms with Gasteiger partial charge in [0.2, 0.25) is 5.88 Å². The number of alkyl halides is 3. The van der Waals surface area contributed by atoms with Gasteiger partial charge in [0.1, 0.15) is 5.76 Å². The standard InChI is InChI=1S/C19H24N4O3.C2HF3O2/c1-14-9-16(21-26-14)18(24)23-12-19(13-23)10-15(6-8-22(19)2)11-25-17-5-3-4-7-20-17;3-2(4,5)1(6)7/h3-5,7,9,15H,6,8,10-13H2,1-2H3;(H,6,7). The van der Waals surface area contributed by atoms with E-state index in [-0.39, 0.29) is 11.4 Å². The molecule has 9 nitrogen and oxygen atoms in total. The number of hydrogen-bond donors (Lipinski definition) is 1. The van der Waals surface area contributed by atoms with Gasteiger partial charge in [-0.15, -0.1) is 0 Å². The van der Waals surface area contributed by atoms with Crippen LogP contribution >= 0.6 is 0 Å². The molecule has 1 amide bonds. The summed E-state index contributed by atoms with van der Waals surface area (Å²) in [5.74, 6) is -1.00. The lowest BCUT2D eigenvalue weighted by Gasteiger charge is -2.58. The second kappa shape index (κ2) is 9.77. The SMILES string of the molecule is Cc1cc(C(=O)N2CC3(CC(COc4ccccn4)CCN3C)C2)no1.O=C(O)C(F)(F)F. The summed E-state index contributed by atoms with van der Waals surface area (Å²) in [7, 11) is 2.15. The van der Waals surface area contributed by atoms with Crippen LogP contribution in [0.25, 0.3) is 0 Å². The van der Waals surface area contributed by atoms with Crippen molar-refractivity contribution in [2.75, 3.05) is 33.3 Å². The van der Waals surface area contributed by atoms with Crippen LogP contribution in [0.15, 0.2) is 35.0 Å². The molecule has 180 valence electrons. The van der Waals surface area contributed by atoms with Crippen molar-refractivity contribution in [2.45, 2.75) is 31.5 Å². The number of likely N-dealkylation sites (tertiary alicyclic amines) is 2. The normalized spacial score (nSPS) is 19.9. The number of ether oxygens (including phenoxy) is 1. The third-order valence-corrected chi connectivity index (χ3v) is 5.80. The predicted molar refractivity (Wildman–Crippen MR) is 109 cm³/mol. The predicted octanol–water partition coefficient (Wildman–Crippen LogP) is 2.63. The average molecular weight is 470 g/mol. The number of aryl methyl sites for hydroxylation is 1. The van der Waals surface area contributed by atoms with Gasteiger partial charge in [-0.25, -0.2) is 9.78 Å². The maximum Gasteiger partial charge on any atom is 0.490 e. The molecule has 2 aliphatic heterocycles. The van der Waals surface area contributed by atoms with Crippen LogP contribution in [0.5, 0.6) is 5.88 Å². The number of carbonyl (C=O) groups is 2. The number of likely N-dealkylation sites (N-methyl/N-ethyl adjacent to an activating group) is 1. The molecular formula is C21H25F3N4O5. The van der Waals surface area contributed by atoms with Crippen LogP contribution in [-0.4, -0.2) is 81.9 Å². The zero-order chi connectivity index (χ0) is 24.2. The quantitative estimate of drug-likeness (QED) is 0.727. The number of halogens is 3. The van der Waals surface area contributed by atoms with Crippen LogP contribution < -0.4 is 4.74 Å². The molecule has 2 aromatic heterocycles. The van der Waals surface area contributed by atoms with Gasteiger partial charge in [-0.3, -0.25) is 9.69 Å². The fourth-order valence-corrected chi connectivity index (χ4v) is 3.99. The minimum atomic E-state index is -5.08. The summed E-state index contributed by atoms with van der Waals surface area (Å²) >= 11 is 0. The summed E-state index contributed by atoms with van der Waals surface area (Å²) in [4.78, 5) is 29.9. The Labute approximate surface area is 188 Å². The molecule has 0 aromatic carbocycles. The van der Waals surface area contributed by atoms with Gasteiger partial charge in [0, 0.05) is 31.4 Å². The van der Waals surface area contributed by atoms with E-state index in [2.05, 4.69) is 22.1 Å². The third kappa shape index (κ3) is 6.01. The second-order valence-electron chi connectivity index (χ2n) is 8.27. The zero-order valence-corrected chi connectivity index (χ0v) is 18.2. The smallest absolute Gasteiger partial charge is 0.477 e. The lowest BCUT2D eigenvalue weighted by Crippen LogP contribution is -2.72. The molecule has 33 heavy (non-hydrogen) atoms. The van der Waals surface area contributed by atoms with E-state index in [1.807, 2.05) is 23.1 Å². The second-order valence-corrected chi connectivity index (χ2v) is 8.27. The van der Waals surface area contributed by atoms with Crippen molar-refractivity contribution in [3.8, 4) is 5.88 Å². The maximum absolute atomic E-state index is 12.5. The van der Waals surface area contributed by atoms with Gasteiger partial charge >= 0.3 is 12.1 Å². The maximum atomic E-state index is 12.5. The van der Waals surface area contributed by atoms with Crippen molar-refractivity contribution in [3.05, 3.63) is 41.9 Å². The van der Waals surface area contributed by atoms with Gasteiger partial charge in [-0.05, 0) is 45.3 Å². The molecule has 2 aliphatic rings. The molecule has 0 saturated carbocycles. The molecule has 12 heteroatoms. The Morgan fingerprint density at radius 2 is 2.03 bits per heavy atom. The lowest BCUT2D eigenvalue weighted by molar-refractivity contribution is -0.192. The van der Waals surface area contributed by atoms with E-state index in [0.29, 0.717) is 29.9 Å². The van der Waals surface area contributed by atoms with Crippen molar-refractivity contribution in [2.24, 2.45) is 5.92 Å². The number of amides is 1. The van der Waals surface area contributed by atoms with Gasteiger partial charge in [-0.2, -0.15) is 13.2 Å². The summed E-state index contributed by atoms with van der Waals surface area (Å²) < 4.78 is 42.6. The van der Waals surface area contributed by atoms with Crippen LogP contribution in [0.1, 0.15) is 29.1 Å². The van der Waals surface area contributed by atoms with Crippen molar-refractivity contribution >= 4 is 11.9 Å². The van der Waals surface area contributed by atoms with Gasteiger partial charge in [0.25, 0.3) is 5.91 Å². The molecule has 1 N–H and O–H groups in total. The van der Waals surface area contributed by atoms with Gasteiger partial charge < -0.3 is 19.3 Å². The van der Waals surface area contributed by atoms with Crippen LogP contribution in [0, 0.1) is 12.8 Å². The zero-order valence-electron chi connectivity index (χ0n) is 18.2. The summed E-state index contributed by atoms with van der Waals surface area (Å²) in [6, 6.07) is 7.39. The van der Waals surface area contributed by atoms with Crippen LogP contribution in [-0.2, 0) is 4.79 Å². The number of hydrogen-bond acceptors (Lipinski definition) is 7. The Bertz CT molecular complexity index is 960. The fourth-order valence-electron chi connectivity index (χ4n) is 3.99. The molecule has 2 saturated heterocycles. The van der Waals surface area contributed by atoms with E-state index in [1.54, 1.807) is 19.2 Å². The average Bonchev–Trinajstić information content (AvgIpc) is 3.18. The van der Waals surface area contributed by atoms with Gasteiger partial charge in [0.05, 0.1) is 12.1 Å². The third-order valence-electron chi connectivity index (χ3n) is 5.80. The molecular weight excluding hydrogens is 445 g/mol. The molecule has 1 atom stereocenters. The summed E-state index contributed by atoms with van der Waals surface area (Å²) in [6.45, 7) is 4.94. The van der Waals surface area contributed by atoms with Gasteiger partial charge in [0.15, 0.2) is 5.69 Å². The van der Waals surface area contributed by atoms with Crippen molar-refractivity contribution in [1.29, 1.82) is 0 Å². The van der Waals surface area contributed by atoms with E-state index in [9.17, 15) is 18.0 Å². The molecule has 2 fully saturated rings. The largest absolute Gasteiger partial charge is 0.490 e. The van der Waals surface area contributed by atoms with E-state index in [4.69, 9.17) is 19.2 Å². The molecule has 2 aromatic rings. The highest BCUT2D eigenvalue weighted by Crippen LogP contribution is 2.38. The summed E-state index contributed by atoms with van der Waals surface area (Å²) in [5.41, 5.74) is 0.441. The molecule has 0 aliphatic carbocycles. The van der Waals surface area contributed by atoms with Crippen molar-refractivity contribution in [1.82, 2.24) is 19.9 Å². The van der Waals surface area contributed by atoms with Crippen LogP contribution in [0.3, 0.4) is 0 Å². The van der Waals surface area contributed by atoms with Crippen molar-refractivity contribution in [3.63, 3.8) is 0 Å². The minimum absolute atomic E-state index is 0.0465. The molecule has 1 unspecified atom stereocenters. The van der Waals surface area contributed by atoms with E-state index in [1.165, 1.54) is 0 Å². The Morgan fingerprint density at radius 3 is 2.58 bits per heavy atom. The first-order valence-electron chi connectivity index (χ1n) is 10.3. The number of aliphatic carboxylic acids is 1. The number of pyridine rings is 1. The molecule has 0 bridgehead atoms. The Hall–Kier alpha value is -3.15. The monoisotopic (exact) mass is 470 g/mol. The Balaban J connectivity index is 0.000000383. The summed E-state index contributed by atoms with van der Waals surface area (Å²) in [5, 5.41) is 11.0. The Kier molecular flexibility index (Phi) is 7.25. The number of carboxylic acids is 1. The molecule has 0 radical (unpaired) electrons. The lowest BCUT2D eigenvalue weighted by atomic mass is 9.75. The number of carbonyl (C=O) groups excluding carboxylic acids is 1. The topological polar surface area (TPSA) is 109 Å². The number of nitrogens with zero attached hydrogens (tertiary/aromatic N) is 4. The molecule has 1 spiro atoms. The number of aromatic nitrogens is 2. The number of piperidine rings is 1. The Morgan fingerprint density at radius 1 is 1.33 bits per heavy atom. The first kappa shape index (κ1) is 24.5. The van der Waals surface area contributed by atoms with E-state index < -0.39 is 12.1 Å². The number of rotatable bonds is 4. The first-order valence-corrected chi connectivity index (χ1v) is 10.3. The molecule has 4 rings (SSSR count). The fraction of sp³-hybridized carbons (Fsp3) is 0.524. The highest BCUT2D eigenvalue weighted by molar-refractivity contribution is 5.93. The van der Waals surface area contributed by atoms with Crippen LogP contribution in [0.4, 0.5) is 13.2 Å². The molecule has 4 heterocycles. The highest BCUT2D eigenvalue weighted by Gasteiger charge is 2.51. The summed E-state index contributed by atoms with van der Waals surface area (Å²) in [6.07, 6.45) is -1.22.